The van der Waals surface area contributed by atoms with Crippen LogP contribution in [0.25, 0.3) is 0 Å². The van der Waals surface area contributed by atoms with E-state index in [1.165, 1.54) is 12.3 Å². The zero-order chi connectivity index (χ0) is 24.0. The fourth-order valence-corrected chi connectivity index (χ4v) is 6.22. The summed E-state index contributed by atoms with van der Waals surface area (Å²) in [4.78, 5) is 8.55. The van der Waals surface area contributed by atoms with Crippen molar-refractivity contribution in [3.05, 3.63) is 53.5 Å². The first-order valence-electron chi connectivity index (χ1n) is 11.3. The molecule has 0 unspecified atom stereocenters. The molecule has 5 rings (SSSR count). The summed E-state index contributed by atoms with van der Waals surface area (Å²) in [6.07, 6.45) is 8.20. The average Bonchev–Trinajstić information content (AvgIpc) is 3.17. The summed E-state index contributed by atoms with van der Waals surface area (Å²) in [5.74, 6) is -0.993. The van der Waals surface area contributed by atoms with Crippen molar-refractivity contribution >= 4 is 10.1 Å². The first kappa shape index (κ1) is 23.5. The maximum Gasteiger partial charge on any atom is 0.534 e. The lowest BCUT2D eigenvalue weighted by atomic mass is 9.58. The van der Waals surface area contributed by atoms with Crippen molar-refractivity contribution in [3.63, 3.8) is 0 Å². The number of ether oxygens (including phenoxy) is 2. The maximum absolute atomic E-state index is 12.8. The van der Waals surface area contributed by atoms with Crippen molar-refractivity contribution in [2.45, 2.75) is 61.7 Å². The molecule has 11 heteroatoms. The second kappa shape index (κ2) is 8.46. The van der Waals surface area contributed by atoms with Crippen molar-refractivity contribution < 1.29 is 35.2 Å². The minimum absolute atomic E-state index is 0.176. The van der Waals surface area contributed by atoms with Gasteiger partial charge in [-0.3, -0.25) is 4.98 Å². The van der Waals surface area contributed by atoms with Crippen LogP contribution in [0.4, 0.5) is 13.2 Å². The van der Waals surface area contributed by atoms with E-state index in [9.17, 15) is 21.6 Å². The van der Waals surface area contributed by atoms with E-state index in [1.54, 1.807) is 6.20 Å². The van der Waals surface area contributed by atoms with Gasteiger partial charge in [-0.15, -0.1) is 0 Å². The molecule has 2 aromatic rings. The van der Waals surface area contributed by atoms with Gasteiger partial charge >= 0.3 is 15.6 Å². The molecule has 1 aliphatic heterocycles. The summed E-state index contributed by atoms with van der Waals surface area (Å²) in [5, 5.41) is 0. The molecule has 34 heavy (non-hydrogen) atoms. The van der Waals surface area contributed by atoms with E-state index in [1.807, 2.05) is 18.2 Å². The van der Waals surface area contributed by atoms with Gasteiger partial charge in [0.25, 0.3) is 0 Å². The third-order valence-electron chi connectivity index (χ3n) is 7.31. The van der Waals surface area contributed by atoms with E-state index >= 15 is 0 Å². The predicted molar refractivity (Wildman–Crippen MR) is 114 cm³/mol. The lowest BCUT2D eigenvalue weighted by Gasteiger charge is -2.49. The highest BCUT2D eigenvalue weighted by Crippen LogP contribution is 2.55. The molecular formula is C23H25F3N2O5S. The van der Waals surface area contributed by atoms with Crippen LogP contribution in [0.1, 0.15) is 48.9 Å². The van der Waals surface area contributed by atoms with Gasteiger partial charge < -0.3 is 13.7 Å². The van der Waals surface area contributed by atoms with E-state index in [-0.39, 0.29) is 11.3 Å². The molecule has 1 saturated heterocycles. The van der Waals surface area contributed by atoms with Crippen molar-refractivity contribution in [2.24, 2.45) is 5.92 Å². The van der Waals surface area contributed by atoms with Crippen LogP contribution in [0.2, 0.25) is 0 Å². The van der Waals surface area contributed by atoms with Gasteiger partial charge in [0.2, 0.25) is 5.88 Å². The molecular weight excluding hydrogens is 473 g/mol. The summed E-state index contributed by atoms with van der Waals surface area (Å²) >= 11 is 0. The van der Waals surface area contributed by atoms with Crippen molar-refractivity contribution in [2.75, 3.05) is 13.2 Å². The third kappa shape index (κ3) is 4.18. The molecule has 2 aromatic heterocycles. The van der Waals surface area contributed by atoms with Gasteiger partial charge in [-0.25, -0.2) is 4.98 Å². The number of fused-ring (bicyclic) bond motifs is 3. The summed E-state index contributed by atoms with van der Waals surface area (Å²) in [6, 6.07) is 7.08. The molecule has 3 heterocycles. The monoisotopic (exact) mass is 498 g/mol. The summed E-state index contributed by atoms with van der Waals surface area (Å²) in [5.41, 5.74) is -3.33. The SMILES string of the molecule is O=S(=O)(Oc1cc2c(cn1)[C@]1(Cc3ccccn3)CCC3(C[C@H]1CCC2)OCCO3)C(F)(F)F. The van der Waals surface area contributed by atoms with E-state index in [0.29, 0.717) is 38.9 Å². The van der Waals surface area contributed by atoms with Crippen LogP contribution in [-0.2, 0) is 37.8 Å². The van der Waals surface area contributed by atoms with Crippen LogP contribution in [0.5, 0.6) is 5.88 Å². The lowest BCUT2D eigenvalue weighted by Crippen LogP contribution is -2.49. The van der Waals surface area contributed by atoms with E-state index < -0.39 is 27.3 Å². The Bertz CT molecular complexity index is 1150. The highest BCUT2D eigenvalue weighted by molar-refractivity contribution is 7.87. The van der Waals surface area contributed by atoms with Gasteiger partial charge in [0.15, 0.2) is 5.79 Å². The Kier molecular flexibility index (Phi) is 5.84. The second-order valence-electron chi connectivity index (χ2n) is 9.22. The Labute approximate surface area is 195 Å². The largest absolute Gasteiger partial charge is 0.534 e. The Hall–Kier alpha value is -2.24. The van der Waals surface area contributed by atoms with Crippen LogP contribution >= 0.6 is 0 Å². The molecule has 1 saturated carbocycles. The normalized spacial score (nSPS) is 26.5. The van der Waals surface area contributed by atoms with Gasteiger partial charge in [-0.05, 0) is 61.3 Å². The molecule has 7 nitrogen and oxygen atoms in total. The zero-order valence-corrected chi connectivity index (χ0v) is 19.2. The summed E-state index contributed by atoms with van der Waals surface area (Å²) in [7, 11) is -5.79. The fraction of sp³-hybridized carbons (Fsp3) is 0.565. The zero-order valence-electron chi connectivity index (χ0n) is 18.4. The standard InChI is InChI=1S/C23H25F3N2O5S/c24-23(25,26)34(29,30)33-20-12-16-4-3-5-17-13-22(31-10-11-32-22)8-7-21(17,19(16)15-28-20)14-18-6-1-2-9-27-18/h1-2,6,9,12,15,17H,3-5,7-8,10-11,13-14H2/t17-,21+/m1/s1. The summed E-state index contributed by atoms with van der Waals surface area (Å²) < 4.78 is 77.8. The smallest absolute Gasteiger partial charge is 0.355 e. The van der Waals surface area contributed by atoms with Gasteiger partial charge in [-0.1, -0.05) is 6.07 Å². The molecule has 0 amide bonds. The molecule has 184 valence electrons. The predicted octanol–water partition coefficient (Wildman–Crippen LogP) is 4.07. The van der Waals surface area contributed by atoms with E-state index in [0.717, 1.165) is 36.1 Å². The molecule has 0 N–H and O–H groups in total. The van der Waals surface area contributed by atoms with Crippen LogP contribution in [0, 0.1) is 5.92 Å². The highest BCUT2D eigenvalue weighted by atomic mass is 32.2. The number of rotatable bonds is 4. The lowest BCUT2D eigenvalue weighted by molar-refractivity contribution is -0.199. The Morgan fingerprint density at radius 2 is 1.94 bits per heavy atom. The fourth-order valence-electron chi connectivity index (χ4n) is 5.81. The first-order valence-corrected chi connectivity index (χ1v) is 12.7. The second-order valence-corrected chi connectivity index (χ2v) is 10.8. The molecule has 2 atom stereocenters. The van der Waals surface area contributed by atoms with Crippen molar-refractivity contribution in [3.8, 4) is 5.88 Å². The van der Waals surface area contributed by atoms with Crippen molar-refractivity contribution in [1.82, 2.24) is 9.97 Å². The van der Waals surface area contributed by atoms with Gasteiger partial charge in [0, 0.05) is 42.4 Å². The minimum atomic E-state index is -5.79. The quantitative estimate of drug-likeness (QED) is 0.464. The Morgan fingerprint density at radius 3 is 2.65 bits per heavy atom. The number of pyridine rings is 2. The summed E-state index contributed by atoms with van der Waals surface area (Å²) in [6.45, 7) is 1.12. The number of halogens is 3. The Balaban J connectivity index is 1.55. The molecule has 1 spiro atoms. The first-order chi connectivity index (χ1) is 16.1. The van der Waals surface area contributed by atoms with Gasteiger partial charge in [-0.2, -0.15) is 21.6 Å². The topological polar surface area (TPSA) is 87.6 Å². The number of hydrogen-bond donors (Lipinski definition) is 0. The molecule has 0 bridgehead atoms. The highest BCUT2D eigenvalue weighted by Gasteiger charge is 2.54. The maximum atomic E-state index is 12.8. The average molecular weight is 499 g/mol. The molecule has 0 radical (unpaired) electrons. The Morgan fingerprint density at radius 1 is 1.15 bits per heavy atom. The number of hydrogen-bond acceptors (Lipinski definition) is 7. The molecule has 2 aliphatic carbocycles. The minimum Gasteiger partial charge on any atom is -0.355 e. The molecule has 2 fully saturated rings. The van der Waals surface area contributed by atoms with E-state index in [4.69, 9.17) is 9.47 Å². The molecule has 3 aliphatic rings. The van der Waals surface area contributed by atoms with Gasteiger partial charge in [0.1, 0.15) is 0 Å². The van der Waals surface area contributed by atoms with Crippen molar-refractivity contribution in [1.29, 1.82) is 0 Å². The van der Waals surface area contributed by atoms with Crippen LogP contribution in [0.3, 0.4) is 0 Å². The van der Waals surface area contributed by atoms with Gasteiger partial charge in [0.05, 0.1) is 13.2 Å². The number of aromatic nitrogens is 2. The van der Waals surface area contributed by atoms with Crippen LogP contribution < -0.4 is 4.18 Å². The molecule has 0 aromatic carbocycles. The van der Waals surface area contributed by atoms with Crippen LogP contribution in [0.15, 0.2) is 36.7 Å². The third-order valence-corrected chi connectivity index (χ3v) is 8.26. The number of alkyl halides is 3. The number of nitrogens with zero attached hydrogens (tertiary/aromatic N) is 2. The van der Waals surface area contributed by atoms with Crippen LogP contribution in [-0.4, -0.2) is 42.9 Å². The number of aryl methyl sites for hydroxylation is 1. The van der Waals surface area contributed by atoms with E-state index in [2.05, 4.69) is 14.2 Å².